The fourth-order valence-electron chi connectivity index (χ4n) is 2.35. The highest BCUT2D eigenvalue weighted by Crippen LogP contribution is 2.34. The molecule has 0 fully saturated rings. The number of carbonyl (C=O) groups excluding carboxylic acids is 1. The minimum Gasteiger partial charge on any atom is -0.395 e. The van der Waals surface area contributed by atoms with E-state index >= 15 is 0 Å². The van der Waals surface area contributed by atoms with Crippen molar-refractivity contribution in [1.82, 2.24) is 5.32 Å². The zero-order valence-corrected chi connectivity index (χ0v) is 9.28. The molecule has 1 amide bonds. The molecule has 3 heteroatoms. The number of amides is 1. The highest BCUT2D eigenvalue weighted by Gasteiger charge is 2.23. The van der Waals surface area contributed by atoms with Crippen LogP contribution >= 0.6 is 0 Å². The summed E-state index contributed by atoms with van der Waals surface area (Å²) in [4.78, 5) is 11.5. The maximum atomic E-state index is 11.5. The zero-order valence-electron chi connectivity index (χ0n) is 9.28. The van der Waals surface area contributed by atoms with Crippen molar-refractivity contribution in [2.24, 2.45) is 0 Å². The topological polar surface area (TPSA) is 49.3 Å². The highest BCUT2D eigenvalue weighted by molar-refractivity contribution is 5.77. The Morgan fingerprint density at radius 2 is 2.25 bits per heavy atom. The minimum absolute atomic E-state index is 0.00694. The zero-order chi connectivity index (χ0) is 11.4. The lowest BCUT2D eigenvalue weighted by Gasteiger charge is -2.11. The van der Waals surface area contributed by atoms with Gasteiger partial charge in [-0.25, -0.2) is 0 Å². The van der Waals surface area contributed by atoms with Crippen LogP contribution in [0, 0.1) is 0 Å². The number of carbonyl (C=O) groups is 1. The lowest BCUT2D eigenvalue weighted by atomic mass is 9.97. The molecule has 0 saturated heterocycles. The molecule has 0 radical (unpaired) electrons. The molecule has 86 valence electrons. The van der Waals surface area contributed by atoms with Crippen LogP contribution in [0.3, 0.4) is 0 Å². The summed E-state index contributed by atoms with van der Waals surface area (Å²) in [7, 11) is 0. The van der Waals surface area contributed by atoms with Crippen molar-refractivity contribution in [3.63, 3.8) is 0 Å². The van der Waals surface area contributed by atoms with Crippen LogP contribution in [0.4, 0.5) is 0 Å². The number of aliphatic hydroxyl groups excluding tert-OH is 1. The smallest absolute Gasteiger partial charge is 0.220 e. The molecule has 0 aromatic heterocycles. The van der Waals surface area contributed by atoms with Gasteiger partial charge >= 0.3 is 0 Å². The Labute approximate surface area is 95.5 Å². The second kappa shape index (κ2) is 5.12. The summed E-state index contributed by atoms with van der Waals surface area (Å²) >= 11 is 0. The van der Waals surface area contributed by atoms with Crippen LogP contribution in [-0.4, -0.2) is 24.2 Å². The number of nitrogens with one attached hydrogen (secondary N) is 1. The van der Waals surface area contributed by atoms with Crippen LogP contribution < -0.4 is 5.32 Å². The van der Waals surface area contributed by atoms with Gasteiger partial charge in [0.25, 0.3) is 0 Å². The first-order valence-electron chi connectivity index (χ1n) is 5.76. The molecular formula is C13H17NO2. The molecular weight excluding hydrogens is 202 g/mol. The number of benzene rings is 1. The van der Waals surface area contributed by atoms with E-state index in [0.29, 0.717) is 18.9 Å². The molecule has 2 N–H and O–H groups in total. The molecule has 0 spiro atoms. The molecule has 1 aromatic rings. The lowest BCUT2D eigenvalue weighted by molar-refractivity contribution is -0.121. The van der Waals surface area contributed by atoms with Crippen LogP contribution in [0.15, 0.2) is 24.3 Å². The van der Waals surface area contributed by atoms with Gasteiger partial charge in [-0.05, 0) is 29.9 Å². The molecule has 1 unspecified atom stereocenters. The average Bonchev–Trinajstić information content (AvgIpc) is 2.70. The Kier molecular flexibility index (Phi) is 3.57. The SMILES string of the molecule is O=C(CC1CCc2ccccc21)NCCO. The van der Waals surface area contributed by atoms with E-state index in [1.807, 2.05) is 12.1 Å². The number of fused-ring (bicyclic) bond motifs is 1. The van der Waals surface area contributed by atoms with Crippen molar-refractivity contribution in [3.8, 4) is 0 Å². The van der Waals surface area contributed by atoms with E-state index < -0.39 is 0 Å². The Morgan fingerprint density at radius 1 is 1.44 bits per heavy atom. The Balaban J connectivity index is 1.95. The molecule has 1 aromatic carbocycles. The van der Waals surface area contributed by atoms with E-state index in [4.69, 9.17) is 5.11 Å². The lowest BCUT2D eigenvalue weighted by Crippen LogP contribution is -2.27. The summed E-state index contributed by atoms with van der Waals surface area (Å²) < 4.78 is 0. The number of hydrogen-bond acceptors (Lipinski definition) is 2. The first-order chi connectivity index (χ1) is 7.81. The average molecular weight is 219 g/mol. The van der Waals surface area contributed by atoms with Crippen molar-refractivity contribution >= 4 is 5.91 Å². The Bertz CT molecular complexity index is 376. The molecule has 0 aliphatic heterocycles. The quantitative estimate of drug-likeness (QED) is 0.799. The van der Waals surface area contributed by atoms with Crippen molar-refractivity contribution in [2.75, 3.05) is 13.2 Å². The van der Waals surface area contributed by atoms with Crippen LogP contribution in [-0.2, 0) is 11.2 Å². The molecule has 0 saturated carbocycles. The molecule has 0 bridgehead atoms. The van der Waals surface area contributed by atoms with Gasteiger partial charge < -0.3 is 10.4 Å². The normalized spacial score (nSPS) is 18.2. The first kappa shape index (κ1) is 11.1. The van der Waals surface area contributed by atoms with Gasteiger partial charge in [-0.3, -0.25) is 4.79 Å². The Hall–Kier alpha value is -1.35. The van der Waals surface area contributed by atoms with Gasteiger partial charge in [-0.1, -0.05) is 24.3 Å². The minimum atomic E-state index is 0.00694. The fourth-order valence-corrected chi connectivity index (χ4v) is 2.35. The maximum Gasteiger partial charge on any atom is 0.220 e. The fraction of sp³-hybridized carbons (Fsp3) is 0.462. The molecule has 1 aliphatic carbocycles. The van der Waals surface area contributed by atoms with Gasteiger partial charge in [0.15, 0.2) is 0 Å². The molecule has 0 heterocycles. The largest absolute Gasteiger partial charge is 0.395 e. The van der Waals surface area contributed by atoms with Crippen LogP contribution in [0.1, 0.15) is 29.9 Å². The predicted octanol–water partition coefficient (Wildman–Crippen LogP) is 1.21. The summed E-state index contributed by atoms with van der Waals surface area (Å²) in [6, 6.07) is 8.34. The van der Waals surface area contributed by atoms with E-state index in [2.05, 4.69) is 17.4 Å². The summed E-state index contributed by atoms with van der Waals surface area (Å²) in [6.07, 6.45) is 2.68. The molecule has 1 aliphatic rings. The van der Waals surface area contributed by atoms with Crippen LogP contribution in [0.5, 0.6) is 0 Å². The maximum absolute atomic E-state index is 11.5. The highest BCUT2D eigenvalue weighted by atomic mass is 16.3. The van der Waals surface area contributed by atoms with Crippen molar-refractivity contribution in [1.29, 1.82) is 0 Å². The standard InChI is InChI=1S/C13H17NO2/c15-8-7-14-13(16)9-11-6-5-10-3-1-2-4-12(10)11/h1-4,11,15H,5-9H2,(H,14,16). The monoisotopic (exact) mass is 219 g/mol. The Morgan fingerprint density at radius 3 is 3.06 bits per heavy atom. The third-order valence-corrected chi connectivity index (χ3v) is 3.12. The molecule has 16 heavy (non-hydrogen) atoms. The number of aryl methyl sites for hydroxylation is 1. The van der Waals surface area contributed by atoms with E-state index in [9.17, 15) is 4.79 Å². The predicted molar refractivity (Wildman–Crippen MR) is 62.2 cm³/mol. The van der Waals surface area contributed by atoms with Gasteiger partial charge in [0.1, 0.15) is 0 Å². The molecule has 2 rings (SSSR count). The third-order valence-electron chi connectivity index (χ3n) is 3.12. The van der Waals surface area contributed by atoms with Gasteiger partial charge in [-0.2, -0.15) is 0 Å². The second-order valence-electron chi connectivity index (χ2n) is 4.21. The van der Waals surface area contributed by atoms with Crippen LogP contribution in [0.2, 0.25) is 0 Å². The summed E-state index contributed by atoms with van der Waals surface area (Å²) in [6.45, 7) is 0.361. The number of hydrogen-bond donors (Lipinski definition) is 2. The molecule has 1 atom stereocenters. The van der Waals surface area contributed by atoms with E-state index in [-0.39, 0.29) is 12.5 Å². The van der Waals surface area contributed by atoms with Gasteiger partial charge in [0, 0.05) is 13.0 Å². The van der Waals surface area contributed by atoms with E-state index in [1.165, 1.54) is 11.1 Å². The summed E-state index contributed by atoms with van der Waals surface area (Å²) in [5.74, 6) is 0.394. The second-order valence-corrected chi connectivity index (χ2v) is 4.21. The van der Waals surface area contributed by atoms with Crippen LogP contribution in [0.25, 0.3) is 0 Å². The first-order valence-corrected chi connectivity index (χ1v) is 5.76. The third kappa shape index (κ3) is 2.42. The summed E-state index contributed by atoms with van der Waals surface area (Å²) in [5.41, 5.74) is 2.70. The summed E-state index contributed by atoms with van der Waals surface area (Å²) in [5, 5.41) is 11.3. The van der Waals surface area contributed by atoms with E-state index in [1.54, 1.807) is 0 Å². The van der Waals surface area contributed by atoms with Crippen molar-refractivity contribution < 1.29 is 9.90 Å². The van der Waals surface area contributed by atoms with Crippen molar-refractivity contribution in [3.05, 3.63) is 35.4 Å². The van der Waals surface area contributed by atoms with Gasteiger partial charge in [-0.15, -0.1) is 0 Å². The number of aliphatic hydroxyl groups is 1. The van der Waals surface area contributed by atoms with Crippen molar-refractivity contribution in [2.45, 2.75) is 25.2 Å². The van der Waals surface area contributed by atoms with E-state index in [0.717, 1.165) is 12.8 Å². The van der Waals surface area contributed by atoms with Gasteiger partial charge in [0.05, 0.1) is 6.61 Å². The van der Waals surface area contributed by atoms with Gasteiger partial charge in [0.2, 0.25) is 5.91 Å². The number of rotatable bonds is 4. The molecule has 3 nitrogen and oxygen atoms in total.